The number of piperidine rings is 1. The molecule has 0 spiro atoms. The molecular formula is C23H32N2O3. The first-order valence-corrected chi connectivity index (χ1v) is 11.1. The summed E-state index contributed by atoms with van der Waals surface area (Å²) in [5.74, 6) is 3.45. The molecule has 0 N–H and O–H groups in total. The number of carbonyl (C=O) groups excluding carboxylic acids is 2. The lowest BCUT2D eigenvalue weighted by atomic mass is 9.49. The monoisotopic (exact) mass is 384 g/mol. The van der Waals surface area contributed by atoms with Crippen molar-refractivity contribution in [1.29, 1.82) is 0 Å². The highest BCUT2D eigenvalue weighted by molar-refractivity contribution is 5.91. The SMILES string of the molecule is CN(CC12CC3CC(CC(C3)C1)C2)C(=O)C1CCN(C(=O)c2ccco2)CC1. The third kappa shape index (κ3) is 3.27. The van der Waals surface area contributed by atoms with E-state index < -0.39 is 0 Å². The van der Waals surface area contributed by atoms with Gasteiger partial charge in [-0.3, -0.25) is 9.59 Å². The fourth-order valence-corrected chi connectivity index (χ4v) is 7.26. The summed E-state index contributed by atoms with van der Waals surface area (Å²) in [5, 5.41) is 0. The fraction of sp³-hybridized carbons (Fsp3) is 0.739. The summed E-state index contributed by atoms with van der Waals surface area (Å²) in [6.07, 6.45) is 11.4. The topological polar surface area (TPSA) is 53.8 Å². The lowest BCUT2D eigenvalue weighted by Gasteiger charge is -2.57. The van der Waals surface area contributed by atoms with Crippen LogP contribution in [0.15, 0.2) is 22.8 Å². The highest BCUT2D eigenvalue weighted by Gasteiger charge is 2.51. The predicted octanol–water partition coefficient (Wildman–Crippen LogP) is 3.81. The second-order valence-corrected chi connectivity index (χ2v) is 10.2. The molecule has 152 valence electrons. The van der Waals surface area contributed by atoms with Crippen molar-refractivity contribution < 1.29 is 14.0 Å². The maximum absolute atomic E-state index is 13.1. The lowest BCUT2D eigenvalue weighted by Crippen LogP contribution is -2.52. The smallest absolute Gasteiger partial charge is 0.289 e. The number of carbonyl (C=O) groups is 2. The molecule has 1 aromatic heterocycles. The standard InChI is InChI=1S/C23H32N2O3/c1-24(15-23-12-16-9-17(13-23)11-18(10-16)14-23)21(26)19-4-6-25(7-5-19)22(27)20-3-2-8-28-20/h2-3,8,16-19H,4-7,9-15H2,1H3. The molecule has 0 aromatic carbocycles. The van der Waals surface area contributed by atoms with E-state index in [2.05, 4.69) is 0 Å². The second kappa shape index (κ2) is 6.93. The number of nitrogens with zero attached hydrogens (tertiary/aromatic N) is 2. The number of rotatable bonds is 4. The zero-order chi connectivity index (χ0) is 19.3. The van der Waals surface area contributed by atoms with Crippen LogP contribution >= 0.6 is 0 Å². The van der Waals surface area contributed by atoms with E-state index in [1.807, 2.05) is 16.8 Å². The molecule has 1 saturated heterocycles. The summed E-state index contributed by atoms with van der Waals surface area (Å²) in [4.78, 5) is 29.4. The number of amides is 2. The number of furan rings is 1. The largest absolute Gasteiger partial charge is 0.459 e. The third-order valence-corrected chi connectivity index (χ3v) is 7.98. The molecule has 0 radical (unpaired) electrons. The first-order valence-electron chi connectivity index (χ1n) is 11.1. The van der Waals surface area contributed by atoms with E-state index in [0.717, 1.165) is 37.1 Å². The van der Waals surface area contributed by atoms with Gasteiger partial charge in [-0.05, 0) is 86.7 Å². The molecular weight excluding hydrogens is 352 g/mol. The Balaban J connectivity index is 1.17. The van der Waals surface area contributed by atoms with E-state index >= 15 is 0 Å². The Morgan fingerprint density at radius 3 is 2.25 bits per heavy atom. The van der Waals surface area contributed by atoms with Crippen LogP contribution in [-0.4, -0.2) is 48.3 Å². The summed E-state index contributed by atoms with van der Waals surface area (Å²) in [6, 6.07) is 3.45. The maximum atomic E-state index is 13.1. The minimum atomic E-state index is -0.0576. The Kier molecular flexibility index (Phi) is 4.52. The first kappa shape index (κ1) is 18.3. The Morgan fingerprint density at radius 1 is 1.11 bits per heavy atom. The van der Waals surface area contributed by atoms with Crippen molar-refractivity contribution in [2.75, 3.05) is 26.7 Å². The molecule has 2 heterocycles. The highest BCUT2D eigenvalue weighted by Crippen LogP contribution is 2.60. The van der Waals surface area contributed by atoms with Crippen molar-refractivity contribution in [2.24, 2.45) is 29.1 Å². The summed E-state index contributed by atoms with van der Waals surface area (Å²) in [7, 11) is 2.02. The summed E-state index contributed by atoms with van der Waals surface area (Å²) >= 11 is 0. The summed E-state index contributed by atoms with van der Waals surface area (Å²) in [6.45, 7) is 2.23. The molecule has 5 aliphatic rings. The number of hydrogen-bond acceptors (Lipinski definition) is 3. The minimum Gasteiger partial charge on any atom is -0.459 e. The van der Waals surface area contributed by atoms with Crippen molar-refractivity contribution >= 4 is 11.8 Å². The molecule has 4 bridgehead atoms. The Morgan fingerprint density at radius 2 is 1.71 bits per heavy atom. The molecule has 5 fully saturated rings. The zero-order valence-electron chi connectivity index (χ0n) is 16.9. The van der Waals surface area contributed by atoms with Gasteiger partial charge >= 0.3 is 0 Å². The lowest BCUT2D eigenvalue weighted by molar-refractivity contribution is -0.140. The van der Waals surface area contributed by atoms with Crippen LogP contribution in [0.3, 0.4) is 0 Å². The van der Waals surface area contributed by atoms with Crippen molar-refractivity contribution in [3.05, 3.63) is 24.2 Å². The molecule has 0 unspecified atom stereocenters. The van der Waals surface area contributed by atoms with Gasteiger partial charge in [0, 0.05) is 32.6 Å². The number of hydrogen-bond donors (Lipinski definition) is 0. The van der Waals surface area contributed by atoms with E-state index in [1.54, 1.807) is 12.1 Å². The molecule has 1 aliphatic heterocycles. The quantitative estimate of drug-likeness (QED) is 0.793. The Hall–Kier alpha value is -1.78. The van der Waals surface area contributed by atoms with Gasteiger partial charge in [-0.2, -0.15) is 0 Å². The zero-order valence-corrected chi connectivity index (χ0v) is 16.9. The van der Waals surface area contributed by atoms with Crippen molar-refractivity contribution in [3.8, 4) is 0 Å². The van der Waals surface area contributed by atoms with Gasteiger partial charge in [0.2, 0.25) is 5.91 Å². The first-order chi connectivity index (χ1) is 13.5. The average Bonchev–Trinajstić information content (AvgIpc) is 3.20. The van der Waals surface area contributed by atoms with Crippen molar-refractivity contribution in [3.63, 3.8) is 0 Å². The molecule has 0 atom stereocenters. The molecule has 28 heavy (non-hydrogen) atoms. The molecule has 6 rings (SSSR count). The molecule has 4 saturated carbocycles. The van der Waals surface area contributed by atoms with Gasteiger partial charge in [-0.1, -0.05) is 0 Å². The summed E-state index contributed by atoms with van der Waals surface area (Å²) in [5.41, 5.74) is 0.398. The predicted molar refractivity (Wildman–Crippen MR) is 106 cm³/mol. The van der Waals surface area contributed by atoms with Crippen LogP contribution in [0.25, 0.3) is 0 Å². The van der Waals surface area contributed by atoms with Crippen molar-refractivity contribution in [2.45, 2.75) is 51.4 Å². The minimum absolute atomic E-state index is 0.0552. The molecule has 4 aliphatic carbocycles. The average molecular weight is 385 g/mol. The van der Waals surface area contributed by atoms with Crippen LogP contribution in [0.4, 0.5) is 0 Å². The molecule has 1 aromatic rings. The number of likely N-dealkylation sites (tertiary alicyclic amines) is 1. The van der Waals surface area contributed by atoms with Crippen LogP contribution in [0.1, 0.15) is 61.9 Å². The Bertz CT molecular complexity index is 698. The van der Waals surface area contributed by atoms with Crippen LogP contribution < -0.4 is 0 Å². The van der Waals surface area contributed by atoms with Gasteiger partial charge in [0.05, 0.1) is 6.26 Å². The van der Waals surface area contributed by atoms with Crippen LogP contribution in [0.5, 0.6) is 0 Å². The van der Waals surface area contributed by atoms with Gasteiger partial charge in [0.1, 0.15) is 0 Å². The summed E-state index contributed by atoms with van der Waals surface area (Å²) < 4.78 is 5.23. The van der Waals surface area contributed by atoms with E-state index in [4.69, 9.17) is 4.42 Å². The van der Waals surface area contributed by atoms with E-state index in [0.29, 0.717) is 30.2 Å². The van der Waals surface area contributed by atoms with Crippen molar-refractivity contribution in [1.82, 2.24) is 9.80 Å². The van der Waals surface area contributed by atoms with Gasteiger partial charge in [0.15, 0.2) is 5.76 Å². The highest BCUT2D eigenvalue weighted by atomic mass is 16.3. The van der Waals surface area contributed by atoms with Gasteiger partial charge in [-0.15, -0.1) is 0 Å². The second-order valence-electron chi connectivity index (χ2n) is 10.2. The van der Waals surface area contributed by atoms with Gasteiger partial charge < -0.3 is 14.2 Å². The Labute approximate surface area is 167 Å². The fourth-order valence-electron chi connectivity index (χ4n) is 7.26. The molecule has 5 nitrogen and oxygen atoms in total. The van der Waals surface area contributed by atoms with E-state index in [-0.39, 0.29) is 11.8 Å². The molecule has 5 heteroatoms. The third-order valence-electron chi connectivity index (χ3n) is 7.98. The van der Waals surface area contributed by atoms with Gasteiger partial charge in [-0.25, -0.2) is 0 Å². The van der Waals surface area contributed by atoms with Gasteiger partial charge in [0.25, 0.3) is 5.91 Å². The van der Waals surface area contributed by atoms with Crippen LogP contribution in [0, 0.1) is 29.1 Å². The van der Waals surface area contributed by atoms with E-state index in [1.165, 1.54) is 44.8 Å². The van der Waals surface area contributed by atoms with Crippen LogP contribution in [0.2, 0.25) is 0 Å². The van der Waals surface area contributed by atoms with Crippen LogP contribution in [-0.2, 0) is 4.79 Å². The normalized spacial score (nSPS) is 34.6. The van der Waals surface area contributed by atoms with E-state index in [9.17, 15) is 9.59 Å². The maximum Gasteiger partial charge on any atom is 0.289 e. The molecule has 2 amide bonds.